The topological polar surface area (TPSA) is 122 Å². The van der Waals surface area contributed by atoms with E-state index in [1.165, 1.54) is 6.20 Å². The molecule has 0 unspecified atom stereocenters. The Hall–Kier alpha value is -2.74. The quantitative estimate of drug-likeness (QED) is 0.373. The van der Waals surface area contributed by atoms with E-state index in [1.54, 1.807) is 19.3 Å². The summed E-state index contributed by atoms with van der Waals surface area (Å²) in [7, 11) is 1.73. The van der Waals surface area contributed by atoms with Crippen molar-refractivity contribution in [3.8, 4) is 0 Å². The van der Waals surface area contributed by atoms with Gasteiger partial charge in [0, 0.05) is 36.1 Å². The fourth-order valence-electron chi connectivity index (χ4n) is 2.24. The Kier molecular flexibility index (Phi) is 3.60. The lowest BCUT2D eigenvalue weighted by molar-refractivity contribution is -0.117. The Bertz CT molecular complexity index is 756. The first-order valence-corrected chi connectivity index (χ1v) is 6.92. The zero-order valence-corrected chi connectivity index (χ0v) is 12.0. The number of anilines is 2. The van der Waals surface area contributed by atoms with Gasteiger partial charge in [-0.15, -0.1) is 0 Å². The van der Waals surface area contributed by atoms with E-state index in [9.17, 15) is 9.59 Å². The van der Waals surface area contributed by atoms with Crippen LogP contribution in [0.1, 0.15) is 23.2 Å². The van der Waals surface area contributed by atoms with Gasteiger partial charge in [-0.25, -0.2) is 15.8 Å². The molecular formula is C14H16N6O2. The zero-order valence-electron chi connectivity index (χ0n) is 12.0. The minimum absolute atomic E-state index is 0.0421. The number of nitrogens with one attached hydrogen (secondary N) is 3. The summed E-state index contributed by atoms with van der Waals surface area (Å²) >= 11 is 0. The van der Waals surface area contributed by atoms with Crippen LogP contribution in [-0.2, 0) is 4.79 Å². The molecule has 0 bridgehead atoms. The highest BCUT2D eigenvalue weighted by Gasteiger charge is 2.29. The van der Waals surface area contributed by atoms with Gasteiger partial charge >= 0.3 is 0 Å². The second kappa shape index (κ2) is 5.57. The first-order valence-electron chi connectivity index (χ1n) is 6.92. The van der Waals surface area contributed by atoms with Crippen LogP contribution < -0.4 is 21.9 Å². The molecule has 3 rings (SSSR count). The number of nitrogens with zero attached hydrogens (tertiary/aromatic N) is 2. The van der Waals surface area contributed by atoms with Crippen molar-refractivity contribution in [1.82, 2.24) is 15.4 Å². The Morgan fingerprint density at radius 2 is 2.00 bits per heavy atom. The Morgan fingerprint density at radius 3 is 2.64 bits per heavy atom. The van der Waals surface area contributed by atoms with Crippen molar-refractivity contribution < 1.29 is 9.59 Å². The molecule has 1 fully saturated rings. The summed E-state index contributed by atoms with van der Waals surface area (Å²) < 4.78 is 0. The summed E-state index contributed by atoms with van der Waals surface area (Å²) in [6.45, 7) is 0. The largest absolute Gasteiger partial charge is 0.373 e. The summed E-state index contributed by atoms with van der Waals surface area (Å²) in [4.78, 5) is 32.1. The molecule has 0 atom stereocenters. The monoisotopic (exact) mass is 300 g/mol. The molecule has 1 saturated carbocycles. The molecule has 1 aliphatic carbocycles. The third kappa shape index (κ3) is 2.56. The summed E-state index contributed by atoms with van der Waals surface area (Å²) in [5.74, 6) is 5.79. The average Bonchev–Trinajstić information content (AvgIpc) is 3.37. The minimum atomic E-state index is -0.453. The molecule has 2 aromatic heterocycles. The maximum atomic E-state index is 11.9. The number of amides is 2. The van der Waals surface area contributed by atoms with Gasteiger partial charge in [0.25, 0.3) is 5.91 Å². The number of fused-ring (bicyclic) bond motifs is 1. The van der Waals surface area contributed by atoms with Crippen molar-refractivity contribution in [2.24, 2.45) is 11.8 Å². The molecule has 5 N–H and O–H groups in total. The lowest BCUT2D eigenvalue weighted by Gasteiger charge is -2.11. The summed E-state index contributed by atoms with van der Waals surface area (Å²) in [5.41, 5.74) is 2.41. The fourth-order valence-corrected chi connectivity index (χ4v) is 2.24. The molecule has 22 heavy (non-hydrogen) atoms. The highest BCUT2D eigenvalue weighted by Crippen LogP contribution is 2.31. The van der Waals surface area contributed by atoms with Crippen LogP contribution in [0.5, 0.6) is 0 Å². The van der Waals surface area contributed by atoms with E-state index in [2.05, 4.69) is 26.0 Å². The number of carbonyl (C=O) groups is 2. The number of nitrogen functional groups attached to an aromatic ring is 1. The van der Waals surface area contributed by atoms with E-state index >= 15 is 0 Å². The van der Waals surface area contributed by atoms with Crippen molar-refractivity contribution >= 4 is 34.2 Å². The van der Waals surface area contributed by atoms with E-state index in [1.807, 2.05) is 0 Å². The average molecular weight is 300 g/mol. The van der Waals surface area contributed by atoms with Gasteiger partial charge < -0.3 is 10.6 Å². The second-order valence-electron chi connectivity index (χ2n) is 5.12. The summed E-state index contributed by atoms with van der Waals surface area (Å²) in [5, 5.41) is 6.99. The molecule has 0 aromatic carbocycles. The molecule has 0 aliphatic heterocycles. The van der Waals surface area contributed by atoms with Gasteiger partial charge in [0.2, 0.25) is 5.91 Å². The van der Waals surface area contributed by atoms with Crippen molar-refractivity contribution in [2.75, 3.05) is 17.7 Å². The molecule has 8 nitrogen and oxygen atoms in total. The molecule has 0 radical (unpaired) electrons. The zero-order chi connectivity index (χ0) is 15.7. The van der Waals surface area contributed by atoms with Gasteiger partial charge in [0.05, 0.1) is 5.56 Å². The van der Waals surface area contributed by atoms with Crippen molar-refractivity contribution in [1.29, 1.82) is 0 Å². The van der Waals surface area contributed by atoms with Crippen LogP contribution >= 0.6 is 0 Å². The SMILES string of the molecule is CNc1ncc(C(=O)NN)c2cc(NC(=O)C3CC3)ncc12. The van der Waals surface area contributed by atoms with E-state index in [0.29, 0.717) is 28.0 Å². The Labute approximate surface area is 126 Å². The van der Waals surface area contributed by atoms with Crippen molar-refractivity contribution in [2.45, 2.75) is 12.8 Å². The van der Waals surface area contributed by atoms with Crippen LogP contribution in [0.25, 0.3) is 10.8 Å². The molecule has 8 heteroatoms. The Morgan fingerprint density at radius 1 is 1.23 bits per heavy atom. The lowest BCUT2D eigenvalue weighted by atomic mass is 10.1. The first kappa shape index (κ1) is 14.2. The van der Waals surface area contributed by atoms with Gasteiger partial charge in [-0.1, -0.05) is 0 Å². The number of aromatic nitrogens is 2. The van der Waals surface area contributed by atoms with Gasteiger partial charge in [-0.05, 0) is 18.9 Å². The molecule has 2 aromatic rings. The van der Waals surface area contributed by atoms with Crippen molar-refractivity contribution in [3.05, 3.63) is 24.0 Å². The van der Waals surface area contributed by atoms with Crippen LogP contribution in [0.2, 0.25) is 0 Å². The number of hydrazine groups is 1. The van der Waals surface area contributed by atoms with E-state index in [0.717, 1.165) is 12.8 Å². The number of nitrogens with two attached hydrogens (primary N) is 1. The smallest absolute Gasteiger partial charge is 0.267 e. The van der Waals surface area contributed by atoms with Crippen LogP contribution in [0, 0.1) is 5.92 Å². The van der Waals surface area contributed by atoms with Gasteiger partial charge in [0.15, 0.2) is 0 Å². The van der Waals surface area contributed by atoms with E-state index in [4.69, 9.17) is 5.84 Å². The maximum absolute atomic E-state index is 11.9. The predicted molar refractivity (Wildman–Crippen MR) is 82.1 cm³/mol. The van der Waals surface area contributed by atoms with E-state index in [-0.39, 0.29) is 11.8 Å². The van der Waals surface area contributed by atoms with E-state index < -0.39 is 5.91 Å². The molecule has 1 aliphatic rings. The van der Waals surface area contributed by atoms with Crippen LogP contribution in [0.3, 0.4) is 0 Å². The van der Waals surface area contributed by atoms with Crippen molar-refractivity contribution in [3.63, 3.8) is 0 Å². The normalized spacial score (nSPS) is 13.7. The third-order valence-corrected chi connectivity index (χ3v) is 3.58. The molecule has 0 saturated heterocycles. The standard InChI is InChI=1S/C14H16N6O2/c1-16-12-9-5-17-11(19-13(21)7-2-3-7)4-8(9)10(6-18-12)14(22)20-15/h4-7H,2-3,15H2,1H3,(H,16,18)(H,20,22)(H,17,19,21). The fraction of sp³-hybridized carbons (Fsp3) is 0.286. The second-order valence-corrected chi connectivity index (χ2v) is 5.12. The molecule has 114 valence electrons. The molecular weight excluding hydrogens is 284 g/mol. The molecule has 2 amide bonds. The molecule has 2 heterocycles. The van der Waals surface area contributed by atoms with Gasteiger partial charge in [-0.2, -0.15) is 0 Å². The lowest BCUT2D eigenvalue weighted by Crippen LogP contribution is -2.30. The molecule has 0 spiro atoms. The number of hydrogen-bond donors (Lipinski definition) is 4. The minimum Gasteiger partial charge on any atom is -0.373 e. The summed E-state index contributed by atoms with van der Waals surface area (Å²) in [6, 6.07) is 1.66. The first-order chi connectivity index (χ1) is 10.6. The van der Waals surface area contributed by atoms with Gasteiger partial charge in [0.1, 0.15) is 11.6 Å². The van der Waals surface area contributed by atoms with Crippen LogP contribution in [-0.4, -0.2) is 28.8 Å². The summed E-state index contributed by atoms with van der Waals surface area (Å²) in [6.07, 6.45) is 4.83. The highest BCUT2D eigenvalue weighted by molar-refractivity contribution is 6.10. The number of carbonyl (C=O) groups excluding carboxylic acids is 2. The van der Waals surface area contributed by atoms with Crippen LogP contribution in [0.15, 0.2) is 18.5 Å². The van der Waals surface area contributed by atoms with Gasteiger partial charge in [-0.3, -0.25) is 15.0 Å². The maximum Gasteiger partial charge on any atom is 0.267 e. The van der Waals surface area contributed by atoms with Crippen LogP contribution in [0.4, 0.5) is 11.6 Å². The Balaban J connectivity index is 2.06. The number of pyridine rings is 2. The predicted octanol–water partition coefficient (Wildman–Crippen LogP) is 0.624. The third-order valence-electron chi connectivity index (χ3n) is 3.58. The number of rotatable bonds is 4. The highest BCUT2D eigenvalue weighted by atomic mass is 16.2. The number of hydrogen-bond acceptors (Lipinski definition) is 6.